The van der Waals surface area contributed by atoms with E-state index in [1.165, 1.54) is 12.5 Å². The quantitative estimate of drug-likeness (QED) is 0.807. The molecule has 0 spiro atoms. The topological polar surface area (TPSA) is 51.0 Å². The van der Waals surface area contributed by atoms with Gasteiger partial charge in [0.2, 0.25) is 0 Å². The maximum Gasteiger partial charge on any atom is 0.180 e. The van der Waals surface area contributed by atoms with Crippen molar-refractivity contribution in [1.29, 1.82) is 0 Å². The molecule has 2 rings (SSSR count). The Hall–Kier alpha value is -1.91. The smallest absolute Gasteiger partial charge is 0.180 e. The highest BCUT2D eigenvalue weighted by Crippen LogP contribution is 2.08. The lowest BCUT2D eigenvalue weighted by Crippen LogP contribution is -1.98. The van der Waals surface area contributed by atoms with E-state index in [9.17, 15) is 4.39 Å². The molecule has 0 unspecified atom stereocenters. The maximum absolute atomic E-state index is 12.7. The van der Waals surface area contributed by atoms with E-state index in [1.54, 1.807) is 12.4 Å². The number of pyridine rings is 1. The van der Waals surface area contributed by atoms with Crippen LogP contribution in [0, 0.1) is 5.82 Å². The van der Waals surface area contributed by atoms with Crippen molar-refractivity contribution >= 4 is 5.69 Å². The fourth-order valence-corrected chi connectivity index (χ4v) is 1.03. The lowest BCUT2D eigenvalue weighted by atomic mass is 10.4. The van der Waals surface area contributed by atoms with Gasteiger partial charge in [0.25, 0.3) is 0 Å². The van der Waals surface area contributed by atoms with E-state index in [2.05, 4.69) is 15.3 Å². The fourth-order valence-electron chi connectivity index (χ4n) is 1.03. The fraction of sp³-hybridized carbons (Fsp3) is 0.111. The van der Waals surface area contributed by atoms with Gasteiger partial charge in [-0.1, -0.05) is 0 Å². The van der Waals surface area contributed by atoms with Crippen LogP contribution in [0.2, 0.25) is 0 Å². The molecule has 2 aromatic rings. The molecule has 2 heterocycles. The second-order valence-electron chi connectivity index (χ2n) is 2.71. The highest BCUT2D eigenvalue weighted by atomic mass is 19.1. The standard InChI is InChI=1S/C9H8FN3O/c10-7-1-8(3-11-2-7)13-5-9-4-12-6-14-9/h1-4,6,13H,5H2. The van der Waals surface area contributed by atoms with Crippen LogP contribution in [0.1, 0.15) is 5.76 Å². The highest BCUT2D eigenvalue weighted by Gasteiger charge is 1.98. The zero-order chi connectivity index (χ0) is 9.80. The van der Waals surface area contributed by atoms with Gasteiger partial charge < -0.3 is 9.73 Å². The Kier molecular flexibility index (Phi) is 2.40. The highest BCUT2D eigenvalue weighted by molar-refractivity contribution is 5.40. The van der Waals surface area contributed by atoms with Crippen molar-refractivity contribution in [3.05, 3.63) is 42.6 Å². The van der Waals surface area contributed by atoms with E-state index in [-0.39, 0.29) is 5.82 Å². The minimum absolute atomic E-state index is 0.368. The third-order valence-corrected chi connectivity index (χ3v) is 1.66. The summed E-state index contributed by atoms with van der Waals surface area (Å²) in [4.78, 5) is 7.46. The van der Waals surface area contributed by atoms with Gasteiger partial charge in [0, 0.05) is 6.07 Å². The lowest BCUT2D eigenvalue weighted by molar-refractivity contribution is 0.511. The predicted octanol–water partition coefficient (Wildman–Crippen LogP) is 1.82. The average molecular weight is 193 g/mol. The van der Waals surface area contributed by atoms with Crippen LogP contribution in [0.5, 0.6) is 0 Å². The van der Waals surface area contributed by atoms with Crippen molar-refractivity contribution in [3.8, 4) is 0 Å². The van der Waals surface area contributed by atoms with Crippen LogP contribution in [0.4, 0.5) is 10.1 Å². The molecule has 0 saturated heterocycles. The average Bonchev–Trinajstić information content (AvgIpc) is 2.67. The SMILES string of the molecule is Fc1cncc(NCc2cnco2)c1. The molecular weight excluding hydrogens is 185 g/mol. The largest absolute Gasteiger partial charge is 0.447 e. The summed E-state index contributed by atoms with van der Waals surface area (Å²) in [5.41, 5.74) is 0.612. The summed E-state index contributed by atoms with van der Waals surface area (Å²) in [5, 5.41) is 2.95. The number of halogens is 1. The Balaban J connectivity index is 1.98. The van der Waals surface area contributed by atoms with Gasteiger partial charge in [-0.05, 0) is 0 Å². The molecule has 0 amide bonds. The molecule has 0 aliphatic carbocycles. The molecule has 0 aliphatic rings. The summed E-state index contributed by atoms with van der Waals surface area (Å²) >= 11 is 0. The molecule has 1 N–H and O–H groups in total. The van der Waals surface area contributed by atoms with E-state index in [0.717, 1.165) is 6.20 Å². The number of anilines is 1. The number of nitrogens with zero attached hydrogens (tertiary/aromatic N) is 2. The summed E-state index contributed by atoms with van der Waals surface area (Å²) < 4.78 is 17.7. The molecular formula is C9H8FN3O. The molecule has 72 valence electrons. The molecule has 0 fully saturated rings. The van der Waals surface area contributed by atoms with Crippen molar-refractivity contribution in [1.82, 2.24) is 9.97 Å². The molecule has 0 aromatic carbocycles. The normalized spacial score (nSPS) is 10.1. The van der Waals surface area contributed by atoms with Crippen molar-refractivity contribution in [3.63, 3.8) is 0 Å². The molecule has 0 saturated carbocycles. The van der Waals surface area contributed by atoms with Crippen LogP contribution in [0.25, 0.3) is 0 Å². The number of aromatic nitrogens is 2. The Morgan fingerprint density at radius 3 is 2.93 bits per heavy atom. The number of hydrogen-bond acceptors (Lipinski definition) is 4. The predicted molar refractivity (Wildman–Crippen MR) is 48.0 cm³/mol. The first kappa shape index (κ1) is 8.68. The van der Waals surface area contributed by atoms with Crippen molar-refractivity contribution in [2.75, 3.05) is 5.32 Å². The molecule has 0 atom stereocenters. The summed E-state index contributed by atoms with van der Waals surface area (Å²) in [6, 6.07) is 1.36. The zero-order valence-corrected chi connectivity index (χ0v) is 7.27. The Labute approximate surface area is 79.8 Å². The van der Waals surface area contributed by atoms with Crippen molar-refractivity contribution in [2.45, 2.75) is 6.54 Å². The summed E-state index contributed by atoms with van der Waals surface area (Å²) in [6.45, 7) is 0.463. The molecule has 2 aromatic heterocycles. The third kappa shape index (κ3) is 2.07. The summed E-state index contributed by atoms with van der Waals surface area (Å²) in [6.07, 6.45) is 5.64. The monoisotopic (exact) mass is 193 g/mol. The first-order valence-corrected chi connectivity index (χ1v) is 4.06. The number of oxazole rings is 1. The molecule has 5 heteroatoms. The maximum atomic E-state index is 12.7. The molecule has 4 nitrogen and oxygen atoms in total. The van der Waals surface area contributed by atoms with Crippen LogP contribution in [-0.4, -0.2) is 9.97 Å². The first-order chi connectivity index (χ1) is 6.84. The zero-order valence-electron chi connectivity index (χ0n) is 7.27. The second-order valence-corrected chi connectivity index (χ2v) is 2.71. The van der Waals surface area contributed by atoms with Crippen molar-refractivity contribution in [2.24, 2.45) is 0 Å². The van der Waals surface area contributed by atoms with Crippen LogP contribution in [0.15, 0.2) is 35.5 Å². The van der Waals surface area contributed by atoms with E-state index in [0.29, 0.717) is 18.0 Å². The molecule has 14 heavy (non-hydrogen) atoms. The van der Waals surface area contributed by atoms with Gasteiger partial charge in [0.15, 0.2) is 6.39 Å². The van der Waals surface area contributed by atoms with Crippen LogP contribution in [-0.2, 0) is 6.54 Å². The Bertz CT molecular complexity index is 402. The van der Waals surface area contributed by atoms with E-state index in [4.69, 9.17) is 4.42 Å². The molecule has 0 radical (unpaired) electrons. The number of rotatable bonds is 3. The van der Waals surface area contributed by atoms with Gasteiger partial charge in [-0.3, -0.25) is 4.98 Å². The minimum atomic E-state index is -0.368. The number of hydrogen-bond donors (Lipinski definition) is 1. The summed E-state index contributed by atoms with van der Waals surface area (Å²) in [7, 11) is 0. The van der Waals surface area contributed by atoms with Crippen molar-refractivity contribution < 1.29 is 8.81 Å². The van der Waals surface area contributed by atoms with Gasteiger partial charge in [-0.25, -0.2) is 9.37 Å². The van der Waals surface area contributed by atoms with Crippen LogP contribution < -0.4 is 5.32 Å². The van der Waals surface area contributed by atoms with E-state index < -0.39 is 0 Å². The number of nitrogens with one attached hydrogen (secondary N) is 1. The molecule has 0 bridgehead atoms. The molecule has 0 aliphatic heterocycles. The minimum Gasteiger partial charge on any atom is -0.447 e. The Morgan fingerprint density at radius 2 is 2.21 bits per heavy atom. The summed E-state index contributed by atoms with van der Waals surface area (Å²) in [5.74, 6) is 0.321. The van der Waals surface area contributed by atoms with E-state index in [1.807, 2.05) is 0 Å². The lowest BCUT2D eigenvalue weighted by Gasteiger charge is -2.02. The van der Waals surface area contributed by atoms with Gasteiger partial charge in [-0.2, -0.15) is 0 Å². The Morgan fingerprint density at radius 1 is 1.29 bits per heavy atom. The van der Waals surface area contributed by atoms with Gasteiger partial charge in [0.05, 0.1) is 30.8 Å². The van der Waals surface area contributed by atoms with E-state index >= 15 is 0 Å². The van der Waals surface area contributed by atoms with Gasteiger partial charge in [0.1, 0.15) is 11.6 Å². The first-order valence-electron chi connectivity index (χ1n) is 4.06. The van der Waals surface area contributed by atoms with Crippen LogP contribution in [0.3, 0.4) is 0 Å². The second kappa shape index (κ2) is 3.87. The van der Waals surface area contributed by atoms with Gasteiger partial charge >= 0.3 is 0 Å². The van der Waals surface area contributed by atoms with Gasteiger partial charge in [-0.15, -0.1) is 0 Å². The third-order valence-electron chi connectivity index (χ3n) is 1.66. The van der Waals surface area contributed by atoms with Crippen LogP contribution >= 0.6 is 0 Å².